The van der Waals surface area contributed by atoms with Gasteiger partial charge in [0.15, 0.2) is 12.4 Å². The third-order valence-electron chi connectivity index (χ3n) is 4.70. The second-order valence-electron chi connectivity index (χ2n) is 6.69. The molecule has 148 valence electrons. The number of benzene rings is 2. The van der Waals surface area contributed by atoms with Gasteiger partial charge in [0.05, 0.1) is 18.3 Å². The van der Waals surface area contributed by atoms with Gasteiger partial charge >= 0.3 is 0 Å². The molecule has 2 N–H and O–H groups in total. The van der Waals surface area contributed by atoms with Crippen LogP contribution in [0.2, 0.25) is 0 Å². The number of hydrogen-bond donors (Lipinski definition) is 2. The zero-order chi connectivity index (χ0) is 20.5. The Labute approximate surface area is 171 Å². The summed E-state index contributed by atoms with van der Waals surface area (Å²) >= 11 is 0. The minimum absolute atomic E-state index is 0.0184. The van der Waals surface area contributed by atoms with Crippen molar-refractivity contribution in [3.8, 4) is 22.9 Å². The molecule has 0 radical (unpaired) electrons. The van der Waals surface area contributed by atoms with E-state index in [1.165, 1.54) is 0 Å². The van der Waals surface area contributed by atoms with E-state index < -0.39 is 0 Å². The average Bonchev–Trinajstić information content (AvgIpc) is 2.79. The van der Waals surface area contributed by atoms with Gasteiger partial charge in [0.25, 0.3) is 5.91 Å². The third-order valence-corrected chi connectivity index (χ3v) is 4.70. The summed E-state index contributed by atoms with van der Waals surface area (Å²) in [7, 11) is 1.62. The highest BCUT2D eigenvalue weighted by Crippen LogP contribution is 2.34. The van der Waals surface area contributed by atoms with Crippen molar-refractivity contribution in [1.29, 1.82) is 0 Å². The van der Waals surface area contributed by atoms with Crippen LogP contribution < -0.4 is 20.1 Å². The van der Waals surface area contributed by atoms with Crippen LogP contribution >= 0.6 is 0 Å². The molecule has 8 nitrogen and oxygen atoms in total. The van der Waals surface area contributed by atoms with Crippen LogP contribution in [0.3, 0.4) is 0 Å². The SMILES string of the molecule is COc1ccc2nc(-c3cccnc3)nc(Nc3ccc4c(c3)NC(=O)CO4)c2c1. The van der Waals surface area contributed by atoms with E-state index in [-0.39, 0.29) is 12.5 Å². The molecule has 0 unspecified atom stereocenters. The van der Waals surface area contributed by atoms with Crippen LogP contribution in [-0.2, 0) is 4.79 Å². The average molecular weight is 399 g/mol. The van der Waals surface area contributed by atoms with Crippen LogP contribution in [-0.4, -0.2) is 34.6 Å². The van der Waals surface area contributed by atoms with E-state index in [0.29, 0.717) is 28.8 Å². The fourth-order valence-electron chi connectivity index (χ4n) is 3.25. The van der Waals surface area contributed by atoms with Crippen LogP contribution in [0.5, 0.6) is 11.5 Å². The first-order chi connectivity index (χ1) is 14.7. The van der Waals surface area contributed by atoms with E-state index >= 15 is 0 Å². The summed E-state index contributed by atoms with van der Waals surface area (Å²) in [5.41, 5.74) is 2.94. The van der Waals surface area contributed by atoms with Gasteiger partial charge in [-0.15, -0.1) is 0 Å². The number of carbonyl (C=O) groups excluding carboxylic acids is 1. The van der Waals surface area contributed by atoms with E-state index in [1.807, 2.05) is 48.5 Å². The summed E-state index contributed by atoms with van der Waals surface area (Å²) in [6.45, 7) is 0.0184. The number of ether oxygens (including phenoxy) is 2. The minimum atomic E-state index is -0.185. The van der Waals surface area contributed by atoms with Crippen molar-refractivity contribution in [2.45, 2.75) is 0 Å². The van der Waals surface area contributed by atoms with Crippen LogP contribution in [0.15, 0.2) is 60.9 Å². The number of pyridine rings is 1. The first-order valence-electron chi connectivity index (χ1n) is 9.29. The molecule has 1 aliphatic heterocycles. The number of amides is 1. The van der Waals surface area contributed by atoms with Crippen LogP contribution in [0.25, 0.3) is 22.3 Å². The summed E-state index contributed by atoms with van der Waals surface area (Å²) in [5.74, 6) is 2.31. The largest absolute Gasteiger partial charge is 0.497 e. The van der Waals surface area contributed by atoms with E-state index in [0.717, 1.165) is 22.2 Å². The molecule has 8 heteroatoms. The van der Waals surface area contributed by atoms with Crippen molar-refractivity contribution in [3.63, 3.8) is 0 Å². The minimum Gasteiger partial charge on any atom is -0.497 e. The first kappa shape index (κ1) is 17.9. The van der Waals surface area contributed by atoms with E-state index in [4.69, 9.17) is 14.5 Å². The zero-order valence-corrected chi connectivity index (χ0v) is 16.0. The summed E-state index contributed by atoms with van der Waals surface area (Å²) in [6, 6.07) is 14.9. The van der Waals surface area contributed by atoms with Gasteiger partial charge in [-0.25, -0.2) is 9.97 Å². The van der Waals surface area contributed by atoms with Gasteiger partial charge in [-0.1, -0.05) is 0 Å². The third kappa shape index (κ3) is 3.35. The quantitative estimate of drug-likeness (QED) is 0.539. The maximum absolute atomic E-state index is 11.6. The summed E-state index contributed by atoms with van der Waals surface area (Å²) in [4.78, 5) is 25.2. The predicted molar refractivity (Wildman–Crippen MR) is 113 cm³/mol. The molecule has 0 aliphatic carbocycles. The Balaban J connectivity index is 1.61. The highest BCUT2D eigenvalue weighted by molar-refractivity contribution is 5.97. The van der Waals surface area contributed by atoms with E-state index in [1.54, 1.807) is 19.5 Å². The zero-order valence-electron chi connectivity index (χ0n) is 16.0. The molecule has 4 aromatic rings. The molecule has 0 atom stereocenters. The molecule has 0 fully saturated rings. The van der Waals surface area contributed by atoms with Crippen LogP contribution in [0, 0.1) is 0 Å². The van der Waals surface area contributed by atoms with Gasteiger partial charge in [-0.2, -0.15) is 0 Å². The maximum Gasteiger partial charge on any atom is 0.262 e. The van der Waals surface area contributed by atoms with E-state index in [9.17, 15) is 4.79 Å². The predicted octanol–water partition coefficient (Wildman–Crippen LogP) is 3.77. The van der Waals surface area contributed by atoms with Crippen LogP contribution in [0.1, 0.15) is 0 Å². The lowest BCUT2D eigenvalue weighted by molar-refractivity contribution is -0.118. The Morgan fingerprint density at radius 3 is 2.90 bits per heavy atom. The lowest BCUT2D eigenvalue weighted by Gasteiger charge is -2.19. The highest BCUT2D eigenvalue weighted by Gasteiger charge is 2.17. The Kier molecular flexibility index (Phi) is 4.36. The number of methoxy groups -OCH3 is 1. The molecule has 2 aromatic carbocycles. The number of fused-ring (bicyclic) bond motifs is 2. The number of aromatic nitrogens is 3. The highest BCUT2D eigenvalue weighted by atomic mass is 16.5. The number of anilines is 3. The van der Waals surface area contributed by atoms with Crippen molar-refractivity contribution < 1.29 is 14.3 Å². The lowest BCUT2D eigenvalue weighted by Crippen LogP contribution is -2.25. The standard InChI is InChI=1S/C22H17N5O3/c1-29-15-5-6-17-16(10-15)22(27-21(26-17)13-3-2-8-23-11-13)24-14-4-7-19-18(9-14)25-20(28)12-30-19/h2-11H,12H2,1H3,(H,25,28)(H,24,26,27). The van der Waals surface area contributed by atoms with Crippen LogP contribution in [0.4, 0.5) is 17.2 Å². The van der Waals surface area contributed by atoms with Gasteiger partial charge in [-0.3, -0.25) is 9.78 Å². The Morgan fingerprint density at radius 2 is 2.07 bits per heavy atom. The molecule has 0 spiro atoms. The number of rotatable bonds is 4. The Morgan fingerprint density at radius 1 is 1.13 bits per heavy atom. The maximum atomic E-state index is 11.6. The van der Waals surface area contributed by atoms with Crippen molar-refractivity contribution in [3.05, 3.63) is 60.9 Å². The second kappa shape index (κ2) is 7.32. The molecule has 1 amide bonds. The Hall–Kier alpha value is -4.20. The second-order valence-corrected chi connectivity index (χ2v) is 6.69. The molecule has 1 aliphatic rings. The van der Waals surface area contributed by atoms with Gasteiger partial charge in [-0.05, 0) is 48.5 Å². The molecule has 2 aromatic heterocycles. The van der Waals surface area contributed by atoms with Gasteiger partial charge in [0.1, 0.15) is 17.3 Å². The van der Waals surface area contributed by atoms with Gasteiger partial charge in [0.2, 0.25) is 0 Å². The number of nitrogens with one attached hydrogen (secondary N) is 2. The molecular formula is C22H17N5O3. The normalized spacial score (nSPS) is 12.6. The summed E-state index contributed by atoms with van der Waals surface area (Å²) < 4.78 is 10.8. The molecule has 30 heavy (non-hydrogen) atoms. The number of carbonyl (C=O) groups is 1. The summed E-state index contributed by atoms with van der Waals surface area (Å²) in [5, 5.41) is 6.96. The fourth-order valence-corrected chi connectivity index (χ4v) is 3.25. The lowest BCUT2D eigenvalue weighted by atomic mass is 10.2. The molecule has 0 saturated heterocycles. The fraction of sp³-hybridized carbons (Fsp3) is 0.0909. The molecular weight excluding hydrogens is 382 g/mol. The van der Waals surface area contributed by atoms with Crippen molar-refractivity contribution >= 4 is 34.0 Å². The van der Waals surface area contributed by atoms with Gasteiger partial charge < -0.3 is 20.1 Å². The number of nitrogens with zero attached hydrogens (tertiary/aromatic N) is 3. The molecule has 0 saturated carbocycles. The van der Waals surface area contributed by atoms with E-state index in [2.05, 4.69) is 20.6 Å². The van der Waals surface area contributed by atoms with Gasteiger partial charge in [0, 0.05) is 29.0 Å². The smallest absolute Gasteiger partial charge is 0.262 e. The number of hydrogen-bond acceptors (Lipinski definition) is 7. The topological polar surface area (TPSA) is 98.3 Å². The monoisotopic (exact) mass is 399 g/mol. The van der Waals surface area contributed by atoms with Crippen molar-refractivity contribution in [2.75, 3.05) is 24.4 Å². The van der Waals surface area contributed by atoms with Crippen molar-refractivity contribution in [2.24, 2.45) is 0 Å². The molecule has 0 bridgehead atoms. The molecule has 5 rings (SSSR count). The Bertz CT molecular complexity index is 1260. The molecule has 3 heterocycles. The van der Waals surface area contributed by atoms with Crippen molar-refractivity contribution in [1.82, 2.24) is 15.0 Å². The summed E-state index contributed by atoms with van der Waals surface area (Å²) in [6.07, 6.45) is 3.43. The first-order valence-corrected chi connectivity index (χ1v) is 9.29.